The molecular formula is C16H15FN2OS. The highest BCUT2D eigenvalue weighted by Crippen LogP contribution is 2.18. The molecule has 0 saturated heterocycles. The van der Waals surface area contributed by atoms with Gasteiger partial charge in [-0.25, -0.2) is 4.39 Å². The third-order valence-corrected chi connectivity index (χ3v) is 3.17. The Morgan fingerprint density at radius 1 is 1.14 bits per heavy atom. The van der Waals surface area contributed by atoms with Gasteiger partial charge in [-0.3, -0.25) is 4.79 Å². The Hall–Kier alpha value is -2.27. The number of benzene rings is 2. The number of amides is 1. The van der Waals surface area contributed by atoms with Crippen molar-refractivity contribution in [3.63, 3.8) is 0 Å². The van der Waals surface area contributed by atoms with E-state index in [9.17, 15) is 9.18 Å². The van der Waals surface area contributed by atoms with E-state index in [0.29, 0.717) is 23.5 Å². The molecule has 108 valence electrons. The fourth-order valence-corrected chi connectivity index (χ4v) is 2.05. The first kappa shape index (κ1) is 15.1. The number of para-hydroxylation sites is 1. The van der Waals surface area contributed by atoms with Gasteiger partial charge in [0.15, 0.2) is 0 Å². The van der Waals surface area contributed by atoms with Crippen LogP contribution >= 0.6 is 12.2 Å². The maximum absolute atomic E-state index is 13.3. The van der Waals surface area contributed by atoms with Gasteiger partial charge in [0.05, 0.1) is 4.99 Å². The van der Waals surface area contributed by atoms with Gasteiger partial charge in [-0.2, -0.15) is 0 Å². The smallest absolute Gasteiger partial charge is 0.258 e. The van der Waals surface area contributed by atoms with E-state index in [1.807, 2.05) is 30.3 Å². The number of nitrogens with zero attached hydrogens (tertiary/aromatic N) is 1. The first-order valence-corrected chi connectivity index (χ1v) is 6.89. The third-order valence-electron chi connectivity index (χ3n) is 2.97. The number of carbonyl (C=O) groups is 1. The Labute approximate surface area is 128 Å². The van der Waals surface area contributed by atoms with Crippen molar-refractivity contribution in [1.82, 2.24) is 0 Å². The molecule has 1 amide bonds. The molecule has 0 aliphatic heterocycles. The predicted octanol–water partition coefficient (Wildman–Crippen LogP) is 3.15. The summed E-state index contributed by atoms with van der Waals surface area (Å²) >= 11 is 4.87. The van der Waals surface area contributed by atoms with Gasteiger partial charge in [0.25, 0.3) is 5.91 Å². The molecule has 0 aliphatic rings. The minimum absolute atomic E-state index is 0.281. The highest BCUT2D eigenvalue weighted by molar-refractivity contribution is 7.80. The Morgan fingerprint density at radius 2 is 1.86 bits per heavy atom. The molecule has 2 rings (SSSR count). The summed E-state index contributed by atoms with van der Waals surface area (Å²) in [4.78, 5) is 14.5. The average Bonchev–Trinajstić information content (AvgIpc) is 2.48. The highest BCUT2D eigenvalue weighted by atomic mass is 32.1. The van der Waals surface area contributed by atoms with E-state index in [4.69, 9.17) is 18.0 Å². The SMILES string of the molecule is NC(=S)CCN(C(=O)c1cccc(F)c1)c1ccccc1. The molecule has 21 heavy (non-hydrogen) atoms. The Bertz CT molecular complexity index is 646. The summed E-state index contributed by atoms with van der Waals surface area (Å²) < 4.78 is 13.3. The Balaban J connectivity index is 2.30. The number of thiocarbonyl (C=S) groups is 1. The number of nitrogens with two attached hydrogens (primary N) is 1. The quantitative estimate of drug-likeness (QED) is 0.863. The summed E-state index contributed by atoms with van der Waals surface area (Å²) in [6.07, 6.45) is 0.408. The zero-order valence-corrected chi connectivity index (χ0v) is 12.1. The maximum atomic E-state index is 13.3. The first-order valence-electron chi connectivity index (χ1n) is 6.48. The van der Waals surface area contributed by atoms with E-state index in [0.717, 1.165) is 5.69 Å². The molecule has 5 heteroatoms. The van der Waals surface area contributed by atoms with E-state index in [1.165, 1.54) is 18.2 Å². The molecule has 0 spiro atoms. The standard InChI is InChI=1S/C16H15FN2OS/c17-13-6-4-5-12(11-13)16(20)19(10-9-15(18)21)14-7-2-1-3-8-14/h1-8,11H,9-10H2,(H2,18,21). The summed E-state index contributed by atoms with van der Waals surface area (Å²) in [6.45, 7) is 0.356. The van der Waals surface area contributed by atoms with E-state index in [2.05, 4.69) is 0 Å². The lowest BCUT2D eigenvalue weighted by molar-refractivity contribution is 0.0987. The van der Waals surface area contributed by atoms with Gasteiger partial charge >= 0.3 is 0 Å². The lowest BCUT2D eigenvalue weighted by Crippen LogP contribution is -2.33. The summed E-state index contributed by atoms with van der Waals surface area (Å²) in [5.74, 6) is -0.722. The lowest BCUT2D eigenvalue weighted by Gasteiger charge is -2.22. The average molecular weight is 302 g/mol. The summed E-state index contributed by atoms with van der Waals surface area (Å²) in [6, 6.07) is 14.8. The second kappa shape index (κ2) is 6.95. The van der Waals surface area contributed by atoms with Gasteiger partial charge in [0.1, 0.15) is 5.82 Å². The van der Waals surface area contributed by atoms with Crippen LogP contribution in [0.15, 0.2) is 54.6 Å². The fraction of sp³-hybridized carbons (Fsp3) is 0.125. The number of halogens is 1. The largest absolute Gasteiger partial charge is 0.393 e. The molecule has 0 aliphatic carbocycles. The topological polar surface area (TPSA) is 46.3 Å². The van der Waals surface area contributed by atoms with Crippen molar-refractivity contribution in [2.45, 2.75) is 6.42 Å². The number of hydrogen-bond acceptors (Lipinski definition) is 2. The highest BCUT2D eigenvalue weighted by Gasteiger charge is 2.18. The zero-order chi connectivity index (χ0) is 15.2. The van der Waals surface area contributed by atoms with Gasteiger partial charge in [0.2, 0.25) is 0 Å². The molecule has 2 aromatic carbocycles. The van der Waals surface area contributed by atoms with Crippen LogP contribution in [0.4, 0.5) is 10.1 Å². The Kier molecular flexibility index (Phi) is 5.00. The molecule has 0 fully saturated rings. The summed E-state index contributed by atoms with van der Waals surface area (Å²) in [7, 11) is 0. The molecule has 0 unspecified atom stereocenters. The van der Waals surface area contributed by atoms with Gasteiger partial charge < -0.3 is 10.6 Å². The minimum Gasteiger partial charge on any atom is -0.393 e. The van der Waals surface area contributed by atoms with Crippen molar-refractivity contribution < 1.29 is 9.18 Å². The van der Waals surface area contributed by atoms with Crippen molar-refractivity contribution in [2.24, 2.45) is 5.73 Å². The molecule has 0 heterocycles. The summed E-state index contributed by atoms with van der Waals surface area (Å²) in [5.41, 5.74) is 6.53. The number of anilines is 1. The van der Waals surface area contributed by atoms with Gasteiger partial charge in [-0.05, 0) is 30.3 Å². The van der Waals surface area contributed by atoms with Crippen LogP contribution in [0.3, 0.4) is 0 Å². The second-order valence-electron chi connectivity index (χ2n) is 4.52. The van der Waals surface area contributed by atoms with Crippen LogP contribution in [0.1, 0.15) is 16.8 Å². The van der Waals surface area contributed by atoms with E-state index in [-0.39, 0.29) is 5.91 Å². The molecule has 0 atom stereocenters. The molecular weight excluding hydrogens is 287 g/mol. The van der Waals surface area contributed by atoms with Gasteiger partial charge in [-0.1, -0.05) is 36.5 Å². The van der Waals surface area contributed by atoms with Crippen LogP contribution in [0.25, 0.3) is 0 Å². The monoisotopic (exact) mass is 302 g/mol. The van der Waals surface area contributed by atoms with Crippen molar-refractivity contribution >= 4 is 28.8 Å². The van der Waals surface area contributed by atoms with Crippen molar-refractivity contribution in [2.75, 3.05) is 11.4 Å². The molecule has 0 aromatic heterocycles. The van der Waals surface area contributed by atoms with Crippen LogP contribution in [-0.2, 0) is 0 Å². The van der Waals surface area contributed by atoms with E-state index >= 15 is 0 Å². The molecule has 2 N–H and O–H groups in total. The lowest BCUT2D eigenvalue weighted by atomic mass is 10.1. The van der Waals surface area contributed by atoms with Crippen molar-refractivity contribution in [3.8, 4) is 0 Å². The van der Waals surface area contributed by atoms with Crippen molar-refractivity contribution in [3.05, 3.63) is 66.0 Å². The normalized spacial score (nSPS) is 10.1. The Morgan fingerprint density at radius 3 is 2.48 bits per heavy atom. The zero-order valence-electron chi connectivity index (χ0n) is 11.3. The van der Waals surface area contributed by atoms with Crippen LogP contribution in [0.5, 0.6) is 0 Å². The van der Waals surface area contributed by atoms with Crippen LogP contribution in [0.2, 0.25) is 0 Å². The van der Waals surface area contributed by atoms with E-state index < -0.39 is 5.82 Å². The predicted molar refractivity (Wildman–Crippen MR) is 85.9 cm³/mol. The molecule has 0 saturated carbocycles. The van der Waals surface area contributed by atoms with Gasteiger partial charge in [0, 0.05) is 24.2 Å². The number of rotatable bonds is 5. The van der Waals surface area contributed by atoms with Gasteiger partial charge in [-0.15, -0.1) is 0 Å². The number of carbonyl (C=O) groups excluding carboxylic acids is 1. The third kappa shape index (κ3) is 4.10. The molecule has 3 nitrogen and oxygen atoms in total. The first-order chi connectivity index (χ1) is 10.1. The fourth-order valence-electron chi connectivity index (χ4n) is 1.96. The number of hydrogen-bond donors (Lipinski definition) is 1. The maximum Gasteiger partial charge on any atom is 0.258 e. The second-order valence-corrected chi connectivity index (χ2v) is 5.04. The summed E-state index contributed by atoms with van der Waals surface area (Å²) in [5, 5.41) is 0. The molecule has 2 aromatic rings. The van der Waals surface area contributed by atoms with Crippen molar-refractivity contribution in [1.29, 1.82) is 0 Å². The van der Waals surface area contributed by atoms with Crippen LogP contribution in [0, 0.1) is 5.82 Å². The molecule has 0 bridgehead atoms. The van der Waals surface area contributed by atoms with E-state index in [1.54, 1.807) is 11.0 Å². The minimum atomic E-state index is -0.441. The molecule has 0 radical (unpaired) electrons. The van der Waals surface area contributed by atoms with Crippen LogP contribution < -0.4 is 10.6 Å². The van der Waals surface area contributed by atoms with Crippen LogP contribution in [-0.4, -0.2) is 17.4 Å².